The summed E-state index contributed by atoms with van der Waals surface area (Å²) in [7, 11) is 0. The molecule has 4 heteroatoms. The molecule has 2 N–H and O–H groups in total. The molecule has 0 heterocycles. The Morgan fingerprint density at radius 2 is 1.67 bits per heavy atom. The lowest BCUT2D eigenvalue weighted by Gasteiger charge is -2.32. The molecule has 0 aliphatic heterocycles. The van der Waals surface area contributed by atoms with Gasteiger partial charge in [-0.05, 0) is 32.1 Å². The van der Waals surface area contributed by atoms with Gasteiger partial charge in [0.1, 0.15) is 0 Å². The van der Waals surface area contributed by atoms with Crippen molar-refractivity contribution in [2.24, 2.45) is 11.3 Å². The lowest BCUT2D eigenvalue weighted by atomic mass is 9.70. The minimum Gasteiger partial charge on any atom is -0.481 e. The third-order valence-corrected chi connectivity index (χ3v) is 3.42. The van der Waals surface area contributed by atoms with Crippen LogP contribution in [-0.4, -0.2) is 22.2 Å². The highest BCUT2D eigenvalue weighted by Gasteiger charge is 2.45. The van der Waals surface area contributed by atoms with Crippen LogP contribution >= 0.6 is 0 Å². The molecule has 0 saturated heterocycles. The Morgan fingerprint density at radius 3 is 1.89 bits per heavy atom. The molecule has 4 nitrogen and oxygen atoms in total. The fourth-order valence-electron chi connectivity index (χ4n) is 2.44. The molecule has 0 spiro atoms. The average molecular weight is 256 g/mol. The first-order chi connectivity index (χ1) is 8.22. The molecule has 0 aromatic heterocycles. The van der Waals surface area contributed by atoms with Gasteiger partial charge in [-0.3, -0.25) is 4.79 Å². The van der Waals surface area contributed by atoms with Crippen LogP contribution in [-0.2, 0) is 9.59 Å². The fourth-order valence-corrected chi connectivity index (χ4v) is 2.44. The molecule has 0 saturated carbocycles. The largest absolute Gasteiger partial charge is 0.481 e. The van der Waals surface area contributed by atoms with Gasteiger partial charge in [0.15, 0.2) is 0 Å². The van der Waals surface area contributed by atoms with Gasteiger partial charge in [0.2, 0.25) is 0 Å². The van der Waals surface area contributed by atoms with E-state index in [0.29, 0.717) is 24.8 Å². The normalized spacial score (nSPS) is 16.1. The zero-order valence-corrected chi connectivity index (χ0v) is 11.9. The predicted octanol–water partition coefficient (Wildman–Crippen LogP) is 3.32. The number of rotatable bonds is 7. The van der Waals surface area contributed by atoms with Crippen LogP contribution in [0.4, 0.5) is 0 Å². The summed E-state index contributed by atoms with van der Waals surface area (Å²) < 4.78 is 0. The summed E-state index contributed by atoms with van der Waals surface area (Å²) in [4.78, 5) is 23.1. The van der Waals surface area contributed by atoms with Crippen LogP contribution in [0.3, 0.4) is 0 Å². The summed E-state index contributed by atoms with van der Waals surface area (Å²) >= 11 is 0. The van der Waals surface area contributed by atoms with Crippen LogP contribution in [0.15, 0.2) is 11.1 Å². The quantitative estimate of drug-likeness (QED) is 0.685. The van der Waals surface area contributed by atoms with Crippen LogP contribution in [0.2, 0.25) is 0 Å². The van der Waals surface area contributed by atoms with E-state index in [1.165, 1.54) is 0 Å². The van der Waals surface area contributed by atoms with Crippen LogP contribution in [0.25, 0.3) is 0 Å². The van der Waals surface area contributed by atoms with E-state index in [0.717, 1.165) is 0 Å². The summed E-state index contributed by atoms with van der Waals surface area (Å²) in [5.41, 5.74) is -0.568. The molecular formula is C14H24O4. The Kier molecular flexibility index (Phi) is 6.09. The molecule has 104 valence electrons. The smallest absolute Gasteiger partial charge is 0.332 e. The van der Waals surface area contributed by atoms with Crippen LogP contribution in [0, 0.1) is 11.3 Å². The van der Waals surface area contributed by atoms with Gasteiger partial charge in [-0.25, -0.2) is 4.79 Å². The highest BCUT2D eigenvalue weighted by Crippen LogP contribution is 2.40. The summed E-state index contributed by atoms with van der Waals surface area (Å²) in [6.45, 7) is 9.11. The summed E-state index contributed by atoms with van der Waals surface area (Å²) in [6.07, 6.45) is 1.19. The maximum absolute atomic E-state index is 11.7. The van der Waals surface area contributed by atoms with Gasteiger partial charge in [0.25, 0.3) is 0 Å². The number of carbonyl (C=O) groups is 2. The summed E-state index contributed by atoms with van der Waals surface area (Å²) in [5, 5.41) is 18.9. The first-order valence-corrected chi connectivity index (χ1v) is 6.39. The number of hydrogen-bond acceptors (Lipinski definition) is 2. The highest BCUT2D eigenvalue weighted by molar-refractivity contribution is 5.97. The molecule has 0 fully saturated rings. The van der Waals surface area contributed by atoms with E-state index in [1.807, 2.05) is 20.8 Å². The summed E-state index contributed by atoms with van der Waals surface area (Å²) in [5.74, 6) is -2.02. The second-order valence-corrected chi connectivity index (χ2v) is 5.15. The first kappa shape index (κ1) is 16.7. The molecule has 18 heavy (non-hydrogen) atoms. The van der Waals surface area contributed by atoms with E-state index < -0.39 is 17.4 Å². The Balaban J connectivity index is 5.96. The van der Waals surface area contributed by atoms with Crippen molar-refractivity contribution in [3.05, 3.63) is 11.1 Å². The Hall–Kier alpha value is -1.32. The second-order valence-electron chi connectivity index (χ2n) is 5.15. The first-order valence-electron chi connectivity index (χ1n) is 6.39. The molecule has 0 aromatic rings. The molecule has 0 aliphatic rings. The van der Waals surface area contributed by atoms with Gasteiger partial charge < -0.3 is 10.2 Å². The van der Waals surface area contributed by atoms with Crippen molar-refractivity contribution >= 4 is 11.9 Å². The molecule has 1 atom stereocenters. The maximum atomic E-state index is 11.7. The van der Waals surface area contributed by atoms with Crippen molar-refractivity contribution < 1.29 is 19.8 Å². The maximum Gasteiger partial charge on any atom is 0.332 e. The lowest BCUT2D eigenvalue weighted by molar-refractivity contribution is -0.151. The molecule has 0 rings (SSSR count). The van der Waals surface area contributed by atoms with E-state index in [2.05, 4.69) is 0 Å². The van der Waals surface area contributed by atoms with Crippen molar-refractivity contribution in [1.29, 1.82) is 0 Å². The lowest BCUT2D eigenvalue weighted by Crippen LogP contribution is -2.38. The molecular weight excluding hydrogens is 232 g/mol. The number of aliphatic carboxylic acids is 2. The van der Waals surface area contributed by atoms with E-state index in [-0.39, 0.29) is 11.5 Å². The van der Waals surface area contributed by atoms with Gasteiger partial charge in [0, 0.05) is 0 Å². The highest BCUT2D eigenvalue weighted by atomic mass is 16.4. The molecule has 0 aliphatic carbocycles. The van der Waals surface area contributed by atoms with Gasteiger partial charge >= 0.3 is 11.9 Å². The minimum absolute atomic E-state index is 0.0636. The second kappa shape index (κ2) is 6.57. The van der Waals surface area contributed by atoms with Crippen molar-refractivity contribution in [1.82, 2.24) is 0 Å². The molecule has 0 aromatic carbocycles. The molecule has 0 bridgehead atoms. The SMILES string of the molecule is CCC(C)=C(C(=O)O)C(CC)(CC(C)C)C(=O)O. The van der Waals surface area contributed by atoms with Gasteiger partial charge in [-0.1, -0.05) is 33.3 Å². The minimum atomic E-state index is -1.28. The van der Waals surface area contributed by atoms with Crippen molar-refractivity contribution in [2.45, 2.75) is 53.9 Å². The number of hydrogen-bond donors (Lipinski definition) is 2. The number of allylic oxidation sites excluding steroid dienone is 1. The van der Waals surface area contributed by atoms with Gasteiger partial charge in [-0.15, -0.1) is 0 Å². The van der Waals surface area contributed by atoms with E-state index in [4.69, 9.17) is 0 Å². The average Bonchev–Trinajstić information content (AvgIpc) is 2.26. The van der Waals surface area contributed by atoms with Crippen LogP contribution < -0.4 is 0 Å². The number of carboxylic acid groups (broad SMARTS) is 2. The topological polar surface area (TPSA) is 74.6 Å². The van der Waals surface area contributed by atoms with Gasteiger partial charge in [0.05, 0.1) is 11.0 Å². The van der Waals surface area contributed by atoms with Crippen molar-refractivity contribution in [3.63, 3.8) is 0 Å². The van der Waals surface area contributed by atoms with Crippen LogP contribution in [0.5, 0.6) is 0 Å². The van der Waals surface area contributed by atoms with E-state index >= 15 is 0 Å². The fraction of sp³-hybridized carbons (Fsp3) is 0.714. The Labute approximate surface area is 109 Å². The van der Waals surface area contributed by atoms with E-state index in [1.54, 1.807) is 13.8 Å². The standard InChI is InChI=1S/C14H24O4/c1-6-10(5)11(12(15)16)14(7-2,13(17)18)8-9(3)4/h9H,6-8H2,1-5H3,(H,15,16)(H,17,18). The van der Waals surface area contributed by atoms with E-state index in [9.17, 15) is 19.8 Å². The summed E-state index contributed by atoms with van der Waals surface area (Å²) in [6, 6.07) is 0. The third kappa shape index (κ3) is 3.34. The molecule has 0 radical (unpaired) electrons. The van der Waals surface area contributed by atoms with Gasteiger partial charge in [-0.2, -0.15) is 0 Å². The van der Waals surface area contributed by atoms with Crippen LogP contribution in [0.1, 0.15) is 53.9 Å². The Morgan fingerprint density at radius 1 is 1.17 bits per heavy atom. The monoisotopic (exact) mass is 256 g/mol. The Bertz CT molecular complexity index is 355. The molecule has 1 unspecified atom stereocenters. The number of carboxylic acids is 2. The predicted molar refractivity (Wildman–Crippen MR) is 70.4 cm³/mol. The zero-order chi connectivity index (χ0) is 14.5. The third-order valence-electron chi connectivity index (χ3n) is 3.42. The van der Waals surface area contributed by atoms with Crippen molar-refractivity contribution in [2.75, 3.05) is 0 Å². The zero-order valence-electron chi connectivity index (χ0n) is 11.9. The molecule has 0 amide bonds. The van der Waals surface area contributed by atoms with Crippen molar-refractivity contribution in [3.8, 4) is 0 Å².